The molecule has 168 valence electrons. The van der Waals surface area contributed by atoms with Gasteiger partial charge in [0.1, 0.15) is 18.6 Å². The molecule has 3 rings (SSSR count). The third kappa shape index (κ3) is 6.12. The summed E-state index contributed by atoms with van der Waals surface area (Å²) in [6.45, 7) is 3.18. The van der Waals surface area contributed by atoms with Gasteiger partial charge in [0.15, 0.2) is 12.2 Å². The summed E-state index contributed by atoms with van der Waals surface area (Å²) < 4.78 is 20.9. The fourth-order valence-corrected chi connectivity index (χ4v) is 4.20. The van der Waals surface area contributed by atoms with Crippen LogP contribution in [-0.4, -0.2) is 59.3 Å². The maximum absolute atomic E-state index is 12.6. The molecule has 0 radical (unpaired) electrons. The lowest BCUT2D eigenvalue weighted by atomic mass is 10.1. The van der Waals surface area contributed by atoms with E-state index >= 15 is 0 Å². The minimum atomic E-state index is -1.22. The second kappa shape index (κ2) is 11.4. The number of aliphatic hydroxyl groups is 1. The molecule has 4 atom stereocenters. The molecule has 2 aromatic rings. The second-order valence-electron chi connectivity index (χ2n) is 6.70. The van der Waals surface area contributed by atoms with Gasteiger partial charge < -0.3 is 24.1 Å². The van der Waals surface area contributed by atoms with Crippen LogP contribution in [0.2, 0.25) is 0 Å². The summed E-state index contributed by atoms with van der Waals surface area (Å²) in [5, 5.41) is 9.77. The van der Waals surface area contributed by atoms with Crippen LogP contribution in [-0.2, 0) is 18.9 Å². The zero-order valence-corrected chi connectivity index (χ0v) is 17.8. The molecular formula is C23H22O8S. The summed E-state index contributed by atoms with van der Waals surface area (Å²) in [5.41, 5.74) is -0.582. The first-order valence-corrected chi connectivity index (χ1v) is 10.7. The number of carbonyl (C=O) groups is 3. The molecular weight excluding hydrogens is 436 g/mol. The van der Waals surface area contributed by atoms with Gasteiger partial charge in [0.2, 0.25) is 0 Å². The summed E-state index contributed by atoms with van der Waals surface area (Å²) in [5.74, 6) is -1.23. The van der Waals surface area contributed by atoms with Crippen LogP contribution in [0.1, 0.15) is 20.7 Å². The Bertz CT molecular complexity index is 934. The van der Waals surface area contributed by atoms with Crippen molar-refractivity contribution >= 4 is 29.9 Å². The van der Waals surface area contributed by atoms with Crippen LogP contribution in [0.4, 0.5) is 4.79 Å². The number of hydrogen-bond acceptors (Lipinski definition) is 9. The standard InChI is InChI=1S/C23H22O8S/c1-2-13-28-23(27)31-19-18(30-21(25)16-11-7-4-8-12-16)17(32-22(19)26)14-29-20(24)15-9-5-3-6-10-15/h2-12,17-19,22,26H,1,13-14H2/t17-,18-,19+,22?/m1/s1. The zero-order chi connectivity index (χ0) is 22.9. The topological polar surface area (TPSA) is 108 Å². The summed E-state index contributed by atoms with van der Waals surface area (Å²) >= 11 is 0.970. The Morgan fingerprint density at radius 2 is 1.47 bits per heavy atom. The second-order valence-corrected chi connectivity index (χ2v) is 8.06. The first-order valence-electron chi connectivity index (χ1n) is 9.75. The molecule has 1 saturated heterocycles. The number of ether oxygens (including phenoxy) is 4. The van der Waals surface area contributed by atoms with Gasteiger partial charge >= 0.3 is 18.1 Å². The van der Waals surface area contributed by atoms with Gasteiger partial charge in [-0.25, -0.2) is 14.4 Å². The van der Waals surface area contributed by atoms with Crippen molar-refractivity contribution in [1.29, 1.82) is 0 Å². The molecule has 0 bridgehead atoms. The Hall–Kier alpha value is -3.30. The normalized spacial score (nSPS) is 21.9. The van der Waals surface area contributed by atoms with Crippen molar-refractivity contribution in [1.82, 2.24) is 0 Å². The van der Waals surface area contributed by atoms with Crippen LogP contribution in [0, 0.1) is 0 Å². The van der Waals surface area contributed by atoms with Crippen molar-refractivity contribution in [3.05, 3.63) is 84.4 Å². The molecule has 2 aromatic carbocycles. The molecule has 1 N–H and O–H groups in total. The number of rotatable bonds is 8. The van der Waals surface area contributed by atoms with Gasteiger partial charge in [-0.1, -0.05) is 49.1 Å². The van der Waals surface area contributed by atoms with E-state index in [1.807, 2.05) is 0 Å². The molecule has 1 heterocycles. The third-order valence-electron chi connectivity index (χ3n) is 4.48. The maximum Gasteiger partial charge on any atom is 0.509 e. The molecule has 8 nitrogen and oxygen atoms in total. The van der Waals surface area contributed by atoms with Crippen molar-refractivity contribution in [2.45, 2.75) is 22.9 Å². The lowest BCUT2D eigenvalue weighted by molar-refractivity contribution is -0.0645. The molecule has 0 aromatic heterocycles. The van der Waals surface area contributed by atoms with Gasteiger partial charge in [-0.3, -0.25) is 0 Å². The molecule has 1 aliphatic heterocycles. The predicted molar refractivity (Wildman–Crippen MR) is 116 cm³/mol. The summed E-state index contributed by atoms with van der Waals surface area (Å²) in [7, 11) is 0. The Morgan fingerprint density at radius 3 is 2.06 bits per heavy atom. The average Bonchev–Trinajstić information content (AvgIpc) is 3.11. The van der Waals surface area contributed by atoms with E-state index in [1.165, 1.54) is 6.08 Å². The molecule has 1 fully saturated rings. The van der Waals surface area contributed by atoms with E-state index in [9.17, 15) is 19.5 Å². The van der Waals surface area contributed by atoms with Crippen molar-refractivity contribution < 1.29 is 38.4 Å². The van der Waals surface area contributed by atoms with Crippen molar-refractivity contribution in [3.63, 3.8) is 0 Å². The third-order valence-corrected chi connectivity index (χ3v) is 5.78. The Kier molecular flexibility index (Phi) is 8.29. The van der Waals surface area contributed by atoms with Gasteiger partial charge in [-0.2, -0.15) is 0 Å². The van der Waals surface area contributed by atoms with E-state index in [1.54, 1.807) is 60.7 Å². The van der Waals surface area contributed by atoms with E-state index in [0.717, 1.165) is 11.8 Å². The monoisotopic (exact) mass is 458 g/mol. The van der Waals surface area contributed by atoms with Crippen LogP contribution in [0.3, 0.4) is 0 Å². The first kappa shape index (κ1) is 23.4. The van der Waals surface area contributed by atoms with Crippen LogP contribution < -0.4 is 0 Å². The van der Waals surface area contributed by atoms with Gasteiger partial charge in [-0.15, -0.1) is 11.8 Å². The number of aliphatic hydroxyl groups excluding tert-OH is 1. The quantitative estimate of drug-likeness (QED) is 0.362. The predicted octanol–water partition coefficient (Wildman–Crippen LogP) is 3.21. The van der Waals surface area contributed by atoms with E-state index in [-0.39, 0.29) is 18.8 Å². The number of benzene rings is 2. The minimum Gasteiger partial charge on any atom is -0.461 e. The molecule has 1 aliphatic rings. The molecule has 1 unspecified atom stereocenters. The Balaban J connectivity index is 1.72. The summed E-state index contributed by atoms with van der Waals surface area (Å²) in [6, 6.07) is 16.6. The zero-order valence-electron chi connectivity index (χ0n) is 17.0. The van der Waals surface area contributed by atoms with Crippen molar-refractivity contribution in [2.24, 2.45) is 0 Å². The highest BCUT2D eigenvalue weighted by molar-refractivity contribution is 8.00. The van der Waals surface area contributed by atoms with Crippen LogP contribution in [0.25, 0.3) is 0 Å². The minimum absolute atomic E-state index is 0.0820. The molecule has 9 heteroatoms. The lowest BCUT2D eigenvalue weighted by Gasteiger charge is -2.24. The summed E-state index contributed by atoms with van der Waals surface area (Å²) in [6.07, 6.45) is -1.98. The smallest absolute Gasteiger partial charge is 0.461 e. The molecule has 0 aliphatic carbocycles. The molecule has 0 amide bonds. The lowest BCUT2D eigenvalue weighted by Crippen LogP contribution is -2.42. The van der Waals surface area contributed by atoms with Gasteiger partial charge in [0, 0.05) is 0 Å². The highest BCUT2D eigenvalue weighted by Gasteiger charge is 2.49. The SMILES string of the molecule is C=CCOC(=O)O[C@@H]1C(O)S[C@H](COC(=O)c2ccccc2)[C@H]1OC(=O)c1ccccc1. The fourth-order valence-electron chi connectivity index (χ4n) is 2.96. The number of thioether (sulfide) groups is 1. The highest BCUT2D eigenvalue weighted by Crippen LogP contribution is 2.37. The number of carbonyl (C=O) groups excluding carboxylic acids is 3. The largest absolute Gasteiger partial charge is 0.509 e. The van der Waals surface area contributed by atoms with E-state index in [2.05, 4.69) is 6.58 Å². The van der Waals surface area contributed by atoms with Crippen LogP contribution >= 0.6 is 11.8 Å². The van der Waals surface area contributed by atoms with E-state index in [0.29, 0.717) is 5.56 Å². The van der Waals surface area contributed by atoms with Crippen molar-refractivity contribution in [2.75, 3.05) is 13.2 Å². The van der Waals surface area contributed by atoms with Gasteiger partial charge in [0.05, 0.1) is 16.4 Å². The molecule has 32 heavy (non-hydrogen) atoms. The maximum atomic E-state index is 12.6. The average molecular weight is 458 g/mol. The molecule has 0 saturated carbocycles. The summed E-state index contributed by atoms with van der Waals surface area (Å²) in [4.78, 5) is 36.8. The Labute approximate surface area is 189 Å². The van der Waals surface area contributed by atoms with Crippen LogP contribution in [0.15, 0.2) is 73.3 Å². The van der Waals surface area contributed by atoms with Crippen molar-refractivity contribution in [3.8, 4) is 0 Å². The van der Waals surface area contributed by atoms with Gasteiger partial charge in [0.25, 0.3) is 0 Å². The number of esters is 2. The Morgan fingerprint density at radius 1 is 0.875 bits per heavy atom. The van der Waals surface area contributed by atoms with E-state index in [4.69, 9.17) is 18.9 Å². The highest BCUT2D eigenvalue weighted by atomic mass is 32.2. The van der Waals surface area contributed by atoms with Gasteiger partial charge in [-0.05, 0) is 24.3 Å². The molecule has 0 spiro atoms. The fraction of sp³-hybridized carbons (Fsp3) is 0.261. The number of hydrogen-bond donors (Lipinski definition) is 1. The van der Waals surface area contributed by atoms with Crippen LogP contribution in [0.5, 0.6) is 0 Å². The first-order chi connectivity index (χ1) is 15.5. The van der Waals surface area contributed by atoms with E-state index < -0.39 is 41.0 Å².